The fourth-order valence-corrected chi connectivity index (χ4v) is 6.50. The number of ether oxygens (including phenoxy) is 1. The number of fused-ring (bicyclic) bond motifs is 3. The fourth-order valence-electron chi connectivity index (χ4n) is 4.95. The van der Waals surface area contributed by atoms with Gasteiger partial charge in [0.25, 0.3) is 0 Å². The summed E-state index contributed by atoms with van der Waals surface area (Å²) in [6.07, 6.45) is 3.91. The van der Waals surface area contributed by atoms with Crippen molar-refractivity contribution in [2.45, 2.75) is 88.3 Å². The fraction of sp³-hybridized carbons (Fsp3) is 0.560. The normalized spacial score (nSPS) is 22.2. The monoisotopic (exact) mass is 517 g/mol. The van der Waals surface area contributed by atoms with Crippen LogP contribution in [-0.4, -0.2) is 58.1 Å². The van der Waals surface area contributed by atoms with E-state index in [-0.39, 0.29) is 22.9 Å². The molecule has 1 aliphatic carbocycles. The Labute approximate surface area is 209 Å². The van der Waals surface area contributed by atoms with E-state index in [0.29, 0.717) is 41.3 Å². The Hall–Kier alpha value is -2.79. The molecule has 1 aromatic carbocycles. The number of aromatic amines is 1. The minimum Gasteiger partial charge on any atom is -0.444 e. The highest BCUT2D eigenvalue weighted by Gasteiger charge is 2.42. The number of nitrogens with one attached hydrogen (secondary N) is 2. The number of halogens is 1. The number of sulfonamides is 1. The van der Waals surface area contributed by atoms with Crippen LogP contribution in [0.5, 0.6) is 0 Å². The van der Waals surface area contributed by atoms with Crippen molar-refractivity contribution in [1.29, 1.82) is 0 Å². The quantitative estimate of drug-likeness (QED) is 0.523. The highest BCUT2D eigenvalue weighted by Crippen LogP contribution is 2.39. The lowest BCUT2D eigenvalue weighted by atomic mass is 9.87. The van der Waals surface area contributed by atoms with Crippen molar-refractivity contribution in [1.82, 2.24) is 24.6 Å². The van der Waals surface area contributed by atoms with Crippen LogP contribution in [0.15, 0.2) is 23.4 Å². The maximum atomic E-state index is 15.2. The number of benzene rings is 1. The van der Waals surface area contributed by atoms with Gasteiger partial charge in [0.2, 0.25) is 10.0 Å². The number of likely N-dealkylation sites (tertiary alicyclic amines) is 1. The lowest BCUT2D eigenvalue weighted by Crippen LogP contribution is -2.46. The standard InChI is InChI=1S/C25H32FN5O4S/c1-14-10-15(6-9-31(14)23(32)35-24(2,3)4)21-20-16-11-17(26)19(36(33,34)30-25(5)7-8-25)12-18(16)29-22(20)28-13-27-21/h11-15,30H,6-10H2,1-5H3,(H,27,28,29)/t14-,15?/m0/s1. The first-order chi connectivity index (χ1) is 16.8. The first-order valence-corrected chi connectivity index (χ1v) is 13.7. The number of carbonyl (C=O) groups is 1. The zero-order valence-electron chi connectivity index (χ0n) is 21.2. The third-order valence-electron chi connectivity index (χ3n) is 7.03. The molecule has 1 saturated carbocycles. The highest BCUT2D eigenvalue weighted by molar-refractivity contribution is 7.89. The SMILES string of the molecule is C[C@H]1CC(c2ncnc3[nH]c4cc(S(=O)(=O)NC5(C)CC5)c(F)cc4c23)CCN1C(=O)OC(C)(C)C. The molecule has 5 rings (SSSR count). The molecule has 3 aromatic rings. The number of carbonyl (C=O) groups excluding carboxylic acids is 1. The molecule has 2 aliphatic rings. The summed E-state index contributed by atoms with van der Waals surface area (Å²) in [6, 6.07) is 2.51. The molecule has 9 nitrogen and oxygen atoms in total. The van der Waals surface area contributed by atoms with E-state index in [9.17, 15) is 13.2 Å². The molecular weight excluding hydrogens is 485 g/mol. The number of amides is 1. The number of aromatic nitrogens is 3. The molecule has 0 spiro atoms. The van der Waals surface area contributed by atoms with Crippen LogP contribution < -0.4 is 4.72 Å². The van der Waals surface area contributed by atoms with Crippen molar-refractivity contribution < 1.29 is 22.3 Å². The first kappa shape index (κ1) is 24.9. The molecule has 3 heterocycles. The third-order valence-corrected chi connectivity index (χ3v) is 8.69. The summed E-state index contributed by atoms with van der Waals surface area (Å²) in [4.78, 5) is 26.0. The van der Waals surface area contributed by atoms with Gasteiger partial charge in [-0.15, -0.1) is 0 Å². The van der Waals surface area contributed by atoms with Crippen molar-refractivity contribution >= 4 is 38.1 Å². The molecule has 2 atom stereocenters. The summed E-state index contributed by atoms with van der Waals surface area (Å²) in [6.45, 7) is 9.82. The van der Waals surface area contributed by atoms with E-state index in [2.05, 4.69) is 19.7 Å². The molecule has 0 radical (unpaired) electrons. The maximum absolute atomic E-state index is 15.2. The molecule has 1 amide bonds. The predicted molar refractivity (Wildman–Crippen MR) is 134 cm³/mol. The second kappa shape index (κ2) is 8.37. The van der Waals surface area contributed by atoms with Crippen molar-refractivity contribution in [3.63, 3.8) is 0 Å². The molecule has 0 bridgehead atoms. The molecule has 11 heteroatoms. The summed E-state index contributed by atoms with van der Waals surface area (Å²) < 4.78 is 49.1. The van der Waals surface area contributed by atoms with Gasteiger partial charge < -0.3 is 14.6 Å². The topological polar surface area (TPSA) is 117 Å². The predicted octanol–water partition coefficient (Wildman–Crippen LogP) is 4.58. The van der Waals surface area contributed by atoms with Gasteiger partial charge in [-0.25, -0.2) is 32.3 Å². The van der Waals surface area contributed by atoms with Crippen molar-refractivity contribution in [2.24, 2.45) is 0 Å². The van der Waals surface area contributed by atoms with Crippen LogP contribution >= 0.6 is 0 Å². The average Bonchev–Trinajstić information content (AvgIpc) is 3.36. The minimum atomic E-state index is -4.01. The number of H-pyrrole nitrogens is 1. The number of hydrogen-bond donors (Lipinski definition) is 2. The average molecular weight is 518 g/mol. The van der Waals surface area contributed by atoms with E-state index >= 15 is 4.39 Å². The molecule has 2 fully saturated rings. The Morgan fingerprint density at radius 1 is 1.28 bits per heavy atom. The largest absolute Gasteiger partial charge is 0.444 e. The second-order valence-electron chi connectivity index (χ2n) is 11.3. The number of nitrogens with zero attached hydrogens (tertiary/aromatic N) is 3. The van der Waals surface area contributed by atoms with Gasteiger partial charge in [0.15, 0.2) is 0 Å². The molecule has 1 aliphatic heterocycles. The van der Waals surface area contributed by atoms with Crippen molar-refractivity contribution in [3.8, 4) is 0 Å². The van der Waals surface area contributed by atoms with E-state index in [4.69, 9.17) is 4.74 Å². The number of hydrogen-bond acceptors (Lipinski definition) is 6. The van der Waals surface area contributed by atoms with Crippen LogP contribution in [0.2, 0.25) is 0 Å². The van der Waals surface area contributed by atoms with Gasteiger partial charge in [-0.3, -0.25) is 0 Å². The Kier molecular flexibility index (Phi) is 5.79. The van der Waals surface area contributed by atoms with Gasteiger partial charge in [0.05, 0.1) is 5.69 Å². The summed E-state index contributed by atoms with van der Waals surface area (Å²) >= 11 is 0. The summed E-state index contributed by atoms with van der Waals surface area (Å²) in [7, 11) is -4.01. The molecule has 1 saturated heterocycles. The van der Waals surface area contributed by atoms with E-state index in [1.807, 2.05) is 27.7 Å². The van der Waals surface area contributed by atoms with Crippen molar-refractivity contribution in [3.05, 3.63) is 30.0 Å². The summed E-state index contributed by atoms with van der Waals surface area (Å²) in [5.41, 5.74) is 0.686. The number of piperidine rings is 1. The zero-order chi connectivity index (χ0) is 26.0. The summed E-state index contributed by atoms with van der Waals surface area (Å²) in [5, 5.41) is 1.22. The van der Waals surface area contributed by atoms with E-state index in [1.165, 1.54) is 18.5 Å². The highest BCUT2D eigenvalue weighted by atomic mass is 32.2. The molecule has 2 N–H and O–H groups in total. The second-order valence-corrected chi connectivity index (χ2v) is 13.0. The van der Waals surface area contributed by atoms with Crippen LogP contribution in [0.3, 0.4) is 0 Å². The molecule has 1 unspecified atom stereocenters. The van der Waals surface area contributed by atoms with Crippen LogP contribution in [0.1, 0.15) is 71.9 Å². The zero-order valence-corrected chi connectivity index (χ0v) is 22.0. The first-order valence-electron chi connectivity index (χ1n) is 12.3. The molecular formula is C25H32FN5O4S. The number of rotatable bonds is 4. The Bertz CT molecular complexity index is 1460. The van der Waals surface area contributed by atoms with Crippen molar-refractivity contribution in [2.75, 3.05) is 6.54 Å². The van der Waals surface area contributed by atoms with Crippen LogP contribution in [0, 0.1) is 5.82 Å². The van der Waals surface area contributed by atoms with Crippen LogP contribution in [0.25, 0.3) is 21.9 Å². The van der Waals surface area contributed by atoms with E-state index in [0.717, 1.165) is 18.5 Å². The van der Waals surface area contributed by atoms with Gasteiger partial charge in [-0.2, -0.15) is 0 Å². The smallest absolute Gasteiger partial charge is 0.410 e. The van der Waals surface area contributed by atoms with Gasteiger partial charge in [-0.1, -0.05) is 0 Å². The lowest BCUT2D eigenvalue weighted by Gasteiger charge is -2.38. The third kappa shape index (κ3) is 4.66. The summed E-state index contributed by atoms with van der Waals surface area (Å²) in [5.74, 6) is -0.797. The Morgan fingerprint density at radius 3 is 2.64 bits per heavy atom. The Morgan fingerprint density at radius 2 is 2.00 bits per heavy atom. The Balaban J connectivity index is 1.48. The minimum absolute atomic E-state index is 0.0196. The maximum Gasteiger partial charge on any atom is 0.410 e. The van der Waals surface area contributed by atoms with E-state index in [1.54, 1.807) is 11.8 Å². The van der Waals surface area contributed by atoms with Gasteiger partial charge >= 0.3 is 6.09 Å². The lowest BCUT2D eigenvalue weighted by molar-refractivity contribution is 0.0103. The van der Waals surface area contributed by atoms with Crippen LogP contribution in [0.4, 0.5) is 9.18 Å². The van der Waals surface area contributed by atoms with Gasteiger partial charge in [0, 0.05) is 40.3 Å². The molecule has 36 heavy (non-hydrogen) atoms. The van der Waals surface area contributed by atoms with Gasteiger partial charge in [-0.05, 0) is 72.4 Å². The van der Waals surface area contributed by atoms with E-state index < -0.39 is 27.0 Å². The molecule has 2 aromatic heterocycles. The van der Waals surface area contributed by atoms with Crippen LogP contribution in [-0.2, 0) is 14.8 Å². The van der Waals surface area contributed by atoms with Gasteiger partial charge in [0.1, 0.15) is 28.3 Å². The molecule has 194 valence electrons.